The number of esters is 2. The van der Waals surface area contributed by atoms with Gasteiger partial charge in [0.2, 0.25) is 0 Å². The fourth-order valence-electron chi connectivity index (χ4n) is 1.83. The van der Waals surface area contributed by atoms with E-state index in [1.165, 1.54) is 26.4 Å². The molecule has 1 aromatic rings. The van der Waals surface area contributed by atoms with E-state index in [1.54, 1.807) is 6.08 Å². The molecule has 0 bridgehead atoms. The lowest BCUT2D eigenvalue weighted by atomic mass is 10.2. The van der Waals surface area contributed by atoms with Gasteiger partial charge in [0.05, 0.1) is 19.8 Å². The topological polar surface area (TPSA) is 55.8 Å². The monoisotopic (exact) mass is 303 g/mol. The summed E-state index contributed by atoms with van der Waals surface area (Å²) < 4.78 is 9.24. The van der Waals surface area contributed by atoms with Crippen molar-refractivity contribution < 1.29 is 19.1 Å². The van der Waals surface area contributed by atoms with Gasteiger partial charge in [0.1, 0.15) is 0 Å². The second-order valence-corrected chi connectivity index (χ2v) is 4.38. The summed E-state index contributed by atoms with van der Waals surface area (Å²) in [5, 5.41) is 0. The second-order valence-electron chi connectivity index (χ2n) is 4.38. The van der Waals surface area contributed by atoms with E-state index in [2.05, 4.69) is 9.64 Å². The zero-order chi connectivity index (χ0) is 16.4. The predicted octanol–water partition coefficient (Wildman–Crippen LogP) is 2.34. The van der Waals surface area contributed by atoms with Crippen LogP contribution in [0.5, 0.6) is 0 Å². The molecule has 0 N–H and O–H groups in total. The van der Waals surface area contributed by atoms with Crippen molar-refractivity contribution in [1.82, 2.24) is 0 Å². The lowest BCUT2D eigenvalue weighted by Crippen LogP contribution is -2.23. The van der Waals surface area contributed by atoms with E-state index in [0.717, 1.165) is 12.2 Å². The van der Waals surface area contributed by atoms with Crippen LogP contribution in [-0.2, 0) is 19.1 Å². The van der Waals surface area contributed by atoms with Crippen molar-refractivity contribution in [3.05, 3.63) is 54.1 Å². The first-order chi connectivity index (χ1) is 10.6. The molecule has 1 aromatic carbocycles. The van der Waals surface area contributed by atoms with Gasteiger partial charge in [0.15, 0.2) is 0 Å². The van der Waals surface area contributed by atoms with E-state index >= 15 is 0 Å². The molecule has 0 heterocycles. The quantitative estimate of drug-likeness (QED) is 0.439. The number of hydrogen-bond acceptors (Lipinski definition) is 5. The summed E-state index contributed by atoms with van der Waals surface area (Å²) in [6.45, 7) is 3.34. The average molecular weight is 303 g/mol. The Morgan fingerprint density at radius 2 is 1.77 bits per heavy atom. The Kier molecular flexibility index (Phi) is 7.47. The predicted molar refractivity (Wildman–Crippen MR) is 85.6 cm³/mol. The molecular weight excluding hydrogens is 282 g/mol. The molecule has 1 rings (SSSR count). The van der Waals surface area contributed by atoms with Crippen LogP contribution in [0.4, 0.5) is 5.69 Å². The van der Waals surface area contributed by atoms with Crippen molar-refractivity contribution in [3.63, 3.8) is 0 Å². The second kappa shape index (κ2) is 9.39. The molecule has 0 spiro atoms. The summed E-state index contributed by atoms with van der Waals surface area (Å²) in [5.41, 5.74) is 1.37. The van der Waals surface area contributed by atoms with Crippen LogP contribution < -0.4 is 4.90 Å². The minimum absolute atomic E-state index is 0.308. The van der Waals surface area contributed by atoms with E-state index in [0.29, 0.717) is 12.1 Å². The Morgan fingerprint density at radius 1 is 1.09 bits per heavy atom. The molecule has 0 aromatic heterocycles. The van der Waals surface area contributed by atoms with Crippen LogP contribution in [0.2, 0.25) is 0 Å². The molecule has 5 heteroatoms. The fourth-order valence-corrected chi connectivity index (χ4v) is 1.83. The van der Waals surface area contributed by atoms with Gasteiger partial charge in [-0.05, 0) is 25.1 Å². The lowest BCUT2D eigenvalue weighted by molar-refractivity contribution is -0.135. The van der Waals surface area contributed by atoms with E-state index in [1.807, 2.05) is 37.3 Å². The molecule has 0 atom stereocenters. The van der Waals surface area contributed by atoms with E-state index < -0.39 is 11.9 Å². The number of carbonyl (C=O) groups is 2. The summed E-state index contributed by atoms with van der Waals surface area (Å²) in [5.74, 6) is -1.02. The van der Waals surface area contributed by atoms with Crippen LogP contribution in [0.15, 0.2) is 54.1 Å². The molecule has 22 heavy (non-hydrogen) atoms. The first-order valence-electron chi connectivity index (χ1n) is 6.96. The number of methoxy groups -OCH3 is 2. The van der Waals surface area contributed by atoms with Gasteiger partial charge in [-0.3, -0.25) is 0 Å². The maximum Gasteiger partial charge on any atom is 0.337 e. The number of ether oxygens (including phenoxy) is 2. The summed E-state index contributed by atoms with van der Waals surface area (Å²) in [6.07, 6.45) is 4.32. The number of anilines is 1. The standard InChI is InChI=1S/C17H21NO4/c1-4-18(15-8-6-5-7-9-15)13-12-14(17(20)22-3)10-11-16(19)21-2/h5-12H,4,13H2,1-3H3. The van der Waals surface area contributed by atoms with Crippen molar-refractivity contribution in [3.8, 4) is 0 Å². The third kappa shape index (κ3) is 5.44. The minimum Gasteiger partial charge on any atom is -0.466 e. The highest BCUT2D eigenvalue weighted by Crippen LogP contribution is 2.13. The Labute approximate surface area is 130 Å². The van der Waals surface area contributed by atoms with Crippen molar-refractivity contribution in [2.24, 2.45) is 0 Å². The fraction of sp³-hybridized carbons (Fsp3) is 0.294. The van der Waals surface area contributed by atoms with Crippen LogP contribution >= 0.6 is 0 Å². The molecule has 0 unspecified atom stereocenters. The number of nitrogens with zero attached hydrogens (tertiary/aromatic N) is 1. The third-order valence-electron chi connectivity index (χ3n) is 3.06. The Bertz CT molecular complexity index is 549. The first-order valence-corrected chi connectivity index (χ1v) is 6.96. The summed E-state index contributed by atoms with van der Waals surface area (Å²) in [4.78, 5) is 25.0. The zero-order valence-electron chi connectivity index (χ0n) is 13.1. The van der Waals surface area contributed by atoms with E-state index in [9.17, 15) is 9.59 Å². The minimum atomic E-state index is -0.523. The number of likely N-dealkylation sites (N-methyl/N-ethyl adjacent to an activating group) is 1. The SMILES string of the molecule is CCN(CC=C(C=CC(=O)OC)C(=O)OC)c1ccccc1. The van der Waals surface area contributed by atoms with Gasteiger partial charge >= 0.3 is 11.9 Å². The average Bonchev–Trinajstić information content (AvgIpc) is 2.57. The largest absolute Gasteiger partial charge is 0.466 e. The molecule has 0 aliphatic carbocycles. The summed E-state index contributed by atoms with van der Waals surface area (Å²) in [7, 11) is 2.58. The number of carbonyl (C=O) groups excluding carboxylic acids is 2. The molecule has 0 radical (unpaired) electrons. The highest BCUT2D eigenvalue weighted by Gasteiger charge is 2.08. The maximum absolute atomic E-state index is 11.7. The normalized spacial score (nSPS) is 11.3. The molecule has 0 amide bonds. The van der Waals surface area contributed by atoms with Gasteiger partial charge in [0.25, 0.3) is 0 Å². The molecule has 5 nitrogen and oxygen atoms in total. The number of hydrogen-bond donors (Lipinski definition) is 0. The molecular formula is C17H21NO4. The van der Waals surface area contributed by atoms with Crippen molar-refractivity contribution in [2.45, 2.75) is 6.92 Å². The molecule has 0 aliphatic rings. The van der Waals surface area contributed by atoms with Gasteiger partial charge in [-0.25, -0.2) is 9.59 Å². The highest BCUT2D eigenvalue weighted by atomic mass is 16.5. The highest BCUT2D eigenvalue weighted by molar-refractivity contribution is 5.94. The number of rotatable bonds is 7. The van der Waals surface area contributed by atoms with Crippen LogP contribution in [0.3, 0.4) is 0 Å². The molecule has 118 valence electrons. The van der Waals surface area contributed by atoms with Crippen molar-refractivity contribution >= 4 is 17.6 Å². The summed E-state index contributed by atoms with van der Waals surface area (Å²) >= 11 is 0. The van der Waals surface area contributed by atoms with Gasteiger partial charge in [-0.1, -0.05) is 24.3 Å². The molecule has 0 saturated carbocycles. The number of para-hydroxylation sites is 1. The van der Waals surface area contributed by atoms with Crippen LogP contribution in [0.25, 0.3) is 0 Å². The van der Waals surface area contributed by atoms with Gasteiger partial charge < -0.3 is 14.4 Å². The van der Waals surface area contributed by atoms with E-state index in [4.69, 9.17) is 4.74 Å². The Morgan fingerprint density at radius 3 is 2.32 bits per heavy atom. The summed E-state index contributed by atoms with van der Waals surface area (Å²) in [6, 6.07) is 9.87. The molecule has 0 aliphatic heterocycles. The smallest absolute Gasteiger partial charge is 0.337 e. The Balaban J connectivity index is 2.89. The third-order valence-corrected chi connectivity index (χ3v) is 3.06. The maximum atomic E-state index is 11.7. The van der Waals surface area contributed by atoms with Crippen molar-refractivity contribution in [2.75, 3.05) is 32.2 Å². The zero-order valence-corrected chi connectivity index (χ0v) is 13.1. The first kappa shape index (κ1) is 17.5. The number of benzene rings is 1. The van der Waals surface area contributed by atoms with Crippen LogP contribution in [0.1, 0.15) is 6.92 Å². The van der Waals surface area contributed by atoms with Gasteiger partial charge in [0, 0.05) is 24.9 Å². The van der Waals surface area contributed by atoms with Crippen LogP contribution in [0, 0.1) is 0 Å². The molecule has 0 saturated heterocycles. The molecule has 0 fully saturated rings. The van der Waals surface area contributed by atoms with Crippen LogP contribution in [-0.4, -0.2) is 39.2 Å². The Hall–Kier alpha value is -2.56. The lowest BCUT2D eigenvalue weighted by Gasteiger charge is -2.21. The van der Waals surface area contributed by atoms with Gasteiger partial charge in [-0.15, -0.1) is 0 Å². The van der Waals surface area contributed by atoms with Gasteiger partial charge in [-0.2, -0.15) is 0 Å². The van der Waals surface area contributed by atoms with Crippen molar-refractivity contribution in [1.29, 1.82) is 0 Å². The van der Waals surface area contributed by atoms with E-state index in [-0.39, 0.29) is 0 Å².